The second-order valence-electron chi connectivity index (χ2n) is 9.28. The largest absolute Gasteiger partial charge is 0.378 e. The Morgan fingerprint density at radius 1 is 0.833 bits per heavy atom. The Morgan fingerprint density at radius 2 is 1.56 bits per heavy atom. The molecule has 184 valence electrons. The molecule has 1 aromatic carbocycles. The van der Waals surface area contributed by atoms with Gasteiger partial charge in [-0.1, -0.05) is 12.1 Å². The Balaban J connectivity index is 1.39. The van der Waals surface area contributed by atoms with Crippen LogP contribution in [0.3, 0.4) is 0 Å². The highest BCUT2D eigenvalue weighted by atomic mass is 16.5. The lowest BCUT2D eigenvalue weighted by atomic mass is 10.0. The number of fused-ring (bicyclic) bond motifs is 1. The number of carbonyl (C=O) groups excluding carboxylic acids is 1. The first-order valence-electron chi connectivity index (χ1n) is 12.4. The molecule has 2 aliphatic rings. The number of carbonyl (C=O) groups is 1. The molecule has 1 amide bonds. The number of morpholine rings is 1. The van der Waals surface area contributed by atoms with Crippen molar-refractivity contribution in [2.24, 2.45) is 0 Å². The Labute approximate surface area is 209 Å². The molecular weight excluding hydrogens is 454 g/mol. The van der Waals surface area contributed by atoms with Gasteiger partial charge in [0, 0.05) is 68.4 Å². The molecular formula is C27H29N7O2. The summed E-state index contributed by atoms with van der Waals surface area (Å²) in [5.74, 6) is 0.981. The van der Waals surface area contributed by atoms with Crippen molar-refractivity contribution in [1.82, 2.24) is 29.4 Å². The average molecular weight is 484 g/mol. The maximum absolute atomic E-state index is 12.9. The number of ether oxygens (including phenoxy) is 1. The van der Waals surface area contributed by atoms with E-state index >= 15 is 0 Å². The van der Waals surface area contributed by atoms with Gasteiger partial charge in [0.25, 0.3) is 5.91 Å². The van der Waals surface area contributed by atoms with Crippen LogP contribution in [0.1, 0.15) is 10.4 Å². The van der Waals surface area contributed by atoms with Gasteiger partial charge >= 0.3 is 0 Å². The molecule has 9 heteroatoms. The van der Waals surface area contributed by atoms with Gasteiger partial charge in [-0.05, 0) is 43.4 Å². The zero-order valence-electron chi connectivity index (χ0n) is 20.4. The molecule has 5 heterocycles. The summed E-state index contributed by atoms with van der Waals surface area (Å²) >= 11 is 0. The quantitative estimate of drug-likeness (QED) is 0.442. The van der Waals surface area contributed by atoms with Crippen LogP contribution in [0.2, 0.25) is 0 Å². The summed E-state index contributed by atoms with van der Waals surface area (Å²) in [6.45, 7) is 6.34. The lowest BCUT2D eigenvalue weighted by molar-refractivity contribution is 0.0303. The van der Waals surface area contributed by atoms with Crippen LogP contribution in [0.5, 0.6) is 0 Å². The number of piperazine rings is 1. The second kappa shape index (κ2) is 9.67. The van der Waals surface area contributed by atoms with Crippen LogP contribution >= 0.6 is 0 Å². The monoisotopic (exact) mass is 483 g/mol. The third kappa shape index (κ3) is 4.31. The van der Waals surface area contributed by atoms with Gasteiger partial charge in [-0.2, -0.15) is 0 Å². The molecule has 3 aromatic heterocycles. The van der Waals surface area contributed by atoms with Crippen LogP contribution in [0.4, 0.5) is 5.82 Å². The highest BCUT2D eigenvalue weighted by molar-refractivity contribution is 5.95. The topological polar surface area (TPSA) is 79.1 Å². The summed E-state index contributed by atoms with van der Waals surface area (Å²) in [4.78, 5) is 28.6. The van der Waals surface area contributed by atoms with Gasteiger partial charge in [-0.15, -0.1) is 5.10 Å². The Morgan fingerprint density at radius 3 is 2.28 bits per heavy atom. The van der Waals surface area contributed by atoms with E-state index in [0.29, 0.717) is 31.9 Å². The predicted molar refractivity (Wildman–Crippen MR) is 138 cm³/mol. The van der Waals surface area contributed by atoms with Gasteiger partial charge in [0.15, 0.2) is 5.65 Å². The molecule has 0 aliphatic carbocycles. The van der Waals surface area contributed by atoms with E-state index < -0.39 is 0 Å². The summed E-state index contributed by atoms with van der Waals surface area (Å²) in [5.41, 5.74) is 5.12. The molecule has 0 unspecified atom stereocenters. The first-order chi connectivity index (χ1) is 17.7. The summed E-state index contributed by atoms with van der Waals surface area (Å²) in [6.07, 6.45) is 3.57. The van der Waals surface area contributed by atoms with Gasteiger partial charge in [0.2, 0.25) is 0 Å². The van der Waals surface area contributed by atoms with Crippen LogP contribution in [0, 0.1) is 0 Å². The van der Waals surface area contributed by atoms with Crippen LogP contribution in [-0.2, 0) is 4.74 Å². The van der Waals surface area contributed by atoms with E-state index in [9.17, 15) is 4.79 Å². The van der Waals surface area contributed by atoms with Gasteiger partial charge in [-0.3, -0.25) is 9.78 Å². The van der Waals surface area contributed by atoms with Crippen LogP contribution in [0.25, 0.3) is 28.2 Å². The van der Waals surface area contributed by atoms with Crippen molar-refractivity contribution >= 4 is 17.4 Å². The Bertz CT molecular complexity index is 1360. The fourth-order valence-electron chi connectivity index (χ4n) is 4.82. The van der Waals surface area contributed by atoms with Crippen molar-refractivity contribution in [3.05, 3.63) is 66.5 Å². The first kappa shape index (κ1) is 22.6. The van der Waals surface area contributed by atoms with E-state index in [1.54, 1.807) is 12.4 Å². The second-order valence-corrected chi connectivity index (χ2v) is 9.28. The third-order valence-corrected chi connectivity index (χ3v) is 6.95. The van der Waals surface area contributed by atoms with Crippen LogP contribution in [-0.4, -0.2) is 94.8 Å². The summed E-state index contributed by atoms with van der Waals surface area (Å²) < 4.78 is 7.31. The van der Waals surface area contributed by atoms with Gasteiger partial charge in [-0.25, -0.2) is 9.50 Å². The number of imidazole rings is 1. The fourth-order valence-corrected chi connectivity index (χ4v) is 4.82. The van der Waals surface area contributed by atoms with E-state index in [1.165, 1.54) is 0 Å². The van der Waals surface area contributed by atoms with Crippen molar-refractivity contribution in [3.63, 3.8) is 0 Å². The zero-order chi connectivity index (χ0) is 24.5. The summed E-state index contributed by atoms with van der Waals surface area (Å²) in [6, 6.07) is 15.8. The number of likely N-dealkylation sites (N-methyl/N-ethyl adjacent to an activating group) is 1. The fraction of sp³-hybridized carbons (Fsp3) is 0.333. The van der Waals surface area contributed by atoms with Gasteiger partial charge in [0.05, 0.1) is 18.9 Å². The zero-order valence-corrected chi connectivity index (χ0v) is 20.4. The molecule has 0 bridgehead atoms. The minimum atomic E-state index is 0.0349. The SMILES string of the molecule is CN1CCN(c2ccc3nc(-c4ccc(C(=O)N5CCOCC5)cc4)c(-c4ccncc4)n3n2)CC1. The molecule has 0 saturated carbocycles. The molecule has 4 aromatic rings. The lowest BCUT2D eigenvalue weighted by Crippen LogP contribution is -2.44. The maximum atomic E-state index is 12.9. The number of pyridine rings is 1. The third-order valence-electron chi connectivity index (χ3n) is 6.95. The number of amides is 1. The molecule has 9 nitrogen and oxygen atoms in total. The van der Waals surface area contributed by atoms with Gasteiger partial charge in [0.1, 0.15) is 11.5 Å². The average Bonchev–Trinajstić information content (AvgIpc) is 3.33. The van der Waals surface area contributed by atoms with E-state index in [0.717, 1.165) is 60.2 Å². The molecule has 0 spiro atoms. The summed E-state index contributed by atoms with van der Waals surface area (Å²) in [7, 11) is 2.15. The molecule has 6 rings (SSSR count). The Kier molecular flexibility index (Phi) is 6.08. The smallest absolute Gasteiger partial charge is 0.254 e. The van der Waals surface area contributed by atoms with Crippen molar-refractivity contribution < 1.29 is 9.53 Å². The molecule has 2 saturated heterocycles. The van der Waals surface area contributed by atoms with Crippen molar-refractivity contribution in [3.8, 4) is 22.5 Å². The summed E-state index contributed by atoms with van der Waals surface area (Å²) in [5, 5.41) is 5.02. The van der Waals surface area contributed by atoms with Crippen molar-refractivity contribution in [2.45, 2.75) is 0 Å². The minimum Gasteiger partial charge on any atom is -0.378 e. The number of hydrogen-bond acceptors (Lipinski definition) is 7. The van der Waals surface area contributed by atoms with E-state index in [2.05, 4.69) is 27.9 Å². The Hall–Kier alpha value is -3.82. The number of benzene rings is 1. The molecule has 2 fully saturated rings. The number of hydrogen-bond donors (Lipinski definition) is 0. The number of nitrogens with zero attached hydrogens (tertiary/aromatic N) is 7. The first-order valence-corrected chi connectivity index (χ1v) is 12.4. The van der Waals surface area contributed by atoms with Crippen molar-refractivity contribution in [1.29, 1.82) is 0 Å². The van der Waals surface area contributed by atoms with E-state index in [4.69, 9.17) is 14.8 Å². The number of anilines is 1. The number of rotatable bonds is 4. The van der Waals surface area contributed by atoms with Gasteiger partial charge < -0.3 is 19.4 Å². The van der Waals surface area contributed by atoms with E-state index in [1.807, 2.05) is 51.9 Å². The van der Waals surface area contributed by atoms with Crippen LogP contribution < -0.4 is 4.90 Å². The normalized spacial score (nSPS) is 17.0. The molecule has 36 heavy (non-hydrogen) atoms. The maximum Gasteiger partial charge on any atom is 0.254 e. The molecule has 0 N–H and O–H groups in total. The van der Waals surface area contributed by atoms with Crippen LogP contribution in [0.15, 0.2) is 60.9 Å². The predicted octanol–water partition coefficient (Wildman–Crippen LogP) is 2.68. The minimum absolute atomic E-state index is 0.0349. The lowest BCUT2D eigenvalue weighted by Gasteiger charge is -2.33. The molecule has 0 radical (unpaired) electrons. The highest BCUT2D eigenvalue weighted by Crippen LogP contribution is 2.33. The molecule has 2 aliphatic heterocycles. The standard InChI is InChI=1S/C27H29N7O2/c1-31-12-14-32(15-13-31)24-7-6-23-29-25(26(34(23)30-24)21-8-10-28-11-9-21)20-2-4-22(5-3-20)27(35)33-16-18-36-19-17-33/h2-11H,12-19H2,1H3. The van der Waals surface area contributed by atoms with Crippen molar-refractivity contribution in [2.75, 3.05) is 64.4 Å². The molecule has 0 atom stereocenters. The highest BCUT2D eigenvalue weighted by Gasteiger charge is 2.22. The van der Waals surface area contributed by atoms with E-state index in [-0.39, 0.29) is 5.91 Å². The number of aromatic nitrogens is 4.